The van der Waals surface area contributed by atoms with Gasteiger partial charge in [0.05, 0.1) is 5.69 Å². The summed E-state index contributed by atoms with van der Waals surface area (Å²) in [6, 6.07) is 5.88. The molecule has 2 rings (SSSR count). The van der Waals surface area contributed by atoms with Gasteiger partial charge >= 0.3 is 0 Å². The molecule has 0 bridgehead atoms. The van der Waals surface area contributed by atoms with Crippen molar-refractivity contribution in [1.29, 1.82) is 0 Å². The van der Waals surface area contributed by atoms with Gasteiger partial charge < -0.3 is 10.2 Å². The largest absolute Gasteiger partial charge is 0.318 e. The molecule has 5 heteroatoms. The summed E-state index contributed by atoms with van der Waals surface area (Å²) in [5.74, 6) is 0.872. The highest BCUT2D eigenvalue weighted by Crippen LogP contribution is 2.17. The Morgan fingerprint density at radius 1 is 1.30 bits per heavy atom. The average Bonchev–Trinajstić information content (AvgIpc) is 2.74. The standard InChI is InChI=1S/C15H23N5/c1-12-14(11-19(4)10-9-16-3)13(2)20(18-12)15-7-5-6-8-17-15/h5-8,16H,9-11H2,1-4H3. The summed E-state index contributed by atoms with van der Waals surface area (Å²) in [6.07, 6.45) is 1.80. The van der Waals surface area contributed by atoms with Gasteiger partial charge in [-0.15, -0.1) is 0 Å². The van der Waals surface area contributed by atoms with Gasteiger partial charge in [-0.25, -0.2) is 9.67 Å². The van der Waals surface area contributed by atoms with Crippen molar-refractivity contribution >= 4 is 0 Å². The Hall–Kier alpha value is -1.72. The highest BCUT2D eigenvalue weighted by atomic mass is 15.3. The lowest BCUT2D eigenvalue weighted by Crippen LogP contribution is -2.27. The minimum atomic E-state index is 0.872. The number of hydrogen-bond acceptors (Lipinski definition) is 4. The second kappa shape index (κ2) is 6.63. The molecular weight excluding hydrogens is 250 g/mol. The van der Waals surface area contributed by atoms with E-state index in [1.54, 1.807) is 6.20 Å². The molecule has 5 nitrogen and oxygen atoms in total. The molecule has 108 valence electrons. The highest BCUT2D eigenvalue weighted by molar-refractivity contribution is 5.32. The molecule has 2 aromatic rings. The first-order valence-electron chi connectivity index (χ1n) is 6.93. The van der Waals surface area contributed by atoms with E-state index >= 15 is 0 Å². The fourth-order valence-corrected chi connectivity index (χ4v) is 2.26. The summed E-state index contributed by atoms with van der Waals surface area (Å²) in [5.41, 5.74) is 3.52. The maximum absolute atomic E-state index is 4.63. The molecule has 2 aromatic heterocycles. The molecule has 0 atom stereocenters. The molecular formula is C15H23N5. The molecule has 0 saturated heterocycles. The maximum Gasteiger partial charge on any atom is 0.153 e. The van der Waals surface area contributed by atoms with E-state index in [-0.39, 0.29) is 0 Å². The smallest absolute Gasteiger partial charge is 0.153 e. The van der Waals surface area contributed by atoms with Gasteiger partial charge in [-0.05, 0) is 40.1 Å². The molecule has 0 aliphatic carbocycles. The number of nitrogens with zero attached hydrogens (tertiary/aromatic N) is 4. The van der Waals surface area contributed by atoms with Gasteiger partial charge in [0.1, 0.15) is 0 Å². The molecule has 0 aliphatic heterocycles. The lowest BCUT2D eigenvalue weighted by atomic mass is 10.2. The third-order valence-corrected chi connectivity index (χ3v) is 3.48. The number of nitrogens with one attached hydrogen (secondary N) is 1. The van der Waals surface area contributed by atoms with Gasteiger partial charge in [0, 0.05) is 37.1 Å². The summed E-state index contributed by atoms with van der Waals surface area (Å²) >= 11 is 0. The predicted octanol–water partition coefficient (Wildman–Crippen LogP) is 1.54. The zero-order valence-electron chi connectivity index (χ0n) is 12.7. The van der Waals surface area contributed by atoms with Crippen molar-refractivity contribution in [1.82, 2.24) is 25.0 Å². The van der Waals surface area contributed by atoms with Crippen LogP contribution in [-0.2, 0) is 6.54 Å². The van der Waals surface area contributed by atoms with Crippen molar-refractivity contribution in [2.75, 3.05) is 27.2 Å². The lowest BCUT2D eigenvalue weighted by molar-refractivity contribution is 0.327. The predicted molar refractivity (Wildman–Crippen MR) is 81.1 cm³/mol. The number of aromatic nitrogens is 3. The Labute approximate surface area is 120 Å². The van der Waals surface area contributed by atoms with Crippen LogP contribution in [0.1, 0.15) is 17.0 Å². The molecule has 0 aliphatic rings. The molecule has 0 fully saturated rings. The third kappa shape index (κ3) is 3.23. The number of pyridine rings is 1. The molecule has 0 unspecified atom stereocenters. The van der Waals surface area contributed by atoms with Crippen molar-refractivity contribution in [3.63, 3.8) is 0 Å². The minimum Gasteiger partial charge on any atom is -0.318 e. The Bertz CT molecular complexity index is 547. The Balaban J connectivity index is 2.21. The first-order chi connectivity index (χ1) is 9.63. The Morgan fingerprint density at radius 2 is 2.10 bits per heavy atom. The number of likely N-dealkylation sites (N-methyl/N-ethyl adjacent to an activating group) is 2. The van der Waals surface area contributed by atoms with Crippen LogP contribution >= 0.6 is 0 Å². The SMILES string of the molecule is CNCCN(C)Cc1c(C)nn(-c2ccccn2)c1C. The van der Waals surface area contributed by atoms with Gasteiger partial charge in [-0.1, -0.05) is 6.07 Å². The van der Waals surface area contributed by atoms with Gasteiger partial charge in [0.2, 0.25) is 0 Å². The van der Waals surface area contributed by atoms with E-state index in [0.717, 1.165) is 36.8 Å². The van der Waals surface area contributed by atoms with Crippen LogP contribution in [0.3, 0.4) is 0 Å². The van der Waals surface area contributed by atoms with Gasteiger partial charge in [0.25, 0.3) is 0 Å². The summed E-state index contributed by atoms with van der Waals surface area (Å²) in [5, 5.41) is 7.80. The quantitative estimate of drug-likeness (QED) is 0.867. The molecule has 20 heavy (non-hydrogen) atoms. The van der Waals surface area contributed by atoms with Gasteiger partial charge in [-0.2, -0.15) is 5.10 Å². The van der Waals surface area contributed by atoms with Crippen molar-refractivity contribution in [3.05, 3.63) is 41.3 Å². The minimum absolute atomic E-state index is 0.872. The van der Waals surface area contributed by atoms with Crippen LogP contribution in [0.25, 0.3) is 5.82 Å². The zero-order valence-corrected chi connectivity index (χ0v) is 12.7. The van der Waals surface area contributed by atoms with E-state index in [2.05, 4.69) is 41.2 Å². The van der Waals surface area contributed by atoms with Crippen LogP contribution < -0.4 is 5.32 Å². The molecule has 0 radical (unpaired) electrons. The topological polar surface area (TPSA) is 46.0 Å². The summed E-state index contributed by atoms with van der Waals surface area (Å²) in [4.78, 5) is 6.67. The summed E-state index contributed by atoms with van der Waals surface area (Å²) in [6.45, 7) is 7.09. The van der Waals surface area contributed by atoms with Gasteiger partial charge in [0.15, 0.2) is 5.82 Å². The fourth-order valence-electron chi connectivity index (χ4n) is 2.26. The molecule has 0 amide bonds. The maximum atomic E-state index is 4.63. The number of hydrogen-bond donors (Lipinski definition) is 1. The fraction of sp³-hybridized carbons (Fsp3) is 0.467. The first kappa shape index (κ1) is 14.7. The average molecular weight is 273 g/mol. The van der Waals surface area contributed by atoms with Crippen LogP contribution in [0.2, 0.25) is 0 Å². The van der Waals surface area contributed by atoms with E-state index in [4.69, 9.17) is 0 Å². The molecule has 0 spiro atoms. The van der Waals surface area contributed by atoms with Crippen LogP contribution in [0, 0.1) is 13.8 Å². The van der Waals surface area contributed by atoms with Crippen molar-refractivity contribution in [2.45, 2.75) is 20.4 Å². The van der Waals surface area contributed by atoms with Crippen molar-refractivity contribution in [2.24, 2.45) is 0 Å². The molecule has 2 heterocycles. The van der Waals surface area contributed by atoms with E-state index < -0.39 is 0 Å². The van der Waals surface area contributed by atoms with E-state index in [1.165, 1.54) is 5.56 Å². The number of aryl methyl sites for hydroxylation is 1. The molecule has 0 saturated carbocycles. The van der Waals surface area contributed by atoms with Crippen LogP contribution in [0.4, 0.5) is 0 Å². The van der Waals surface area contributed by atoms with E-state index in [1.807, 2.05) is 29.9 Å². The normalized spacial score (nSPS) is 11.2. The Kier molecular flexibility index (Phi) is 4.87. The monoisotopic (exact) mass is 273 g/mol. The second-order valence-electron chi connectivity index (χ2n) is 5.09. The summed E-state index contributed by atoms with van der Waals surface area (Å²) in [7, 11) is 4.11. The van der Waals surface area contributed by atoms with Crippen LogP contribution in [-0.4, -0.2) is 46.8 Å². The molecule has 0 aromatic carbocycles. The lowest BCUT2D eigenvalue weighted by Gasteiger charge is -2.16. The zero-order chi connectivity index (χ0) is 14.5. The summed E-state index contributed by atoms with van der Waals surface area (Å²) < 4.78 is 1.93. The van der Waals surface area contributed by atoms with Crippen molar-refractivity contribution in [3.8, 4) is 5.82 Å². The van der Waals surface area contributed by atoms with Crippen LogP contribution in [0.5, 0.6) is 0 Å². The third-order valence-electron chi connectivity index (χ3n) is 3.48. The van der Waals surface area contributed by atoms with Gasteiger partial charge in [-0.3, -0.25) is 0 Å². The first-order valence-corrected chi connectivity index (χ1v) is 6.93. The van der Waals surface area contributed by atoms with E-state index in [9.17, 15) is 0 Å². The highest BCUT2D eigenvalue weighted by Gasteiger charge is 2.14. The number of rotatable bonds is 6. The molecule has 1 N–H and O–H groups in total. The van der Waals surface area contributed by atoms with E-state index in [0.29, 0.717) is 0 Å². The van der Waals surface area contributed by atoms with Crippen molar-refractivity contribution < 1.29 is 0 Å². The van der Waals surface area contributed by atoms with Crippen LogP contribution in [0.15, 0.2) is 24.4 Å². The second-order valence-corrected chi connectivity index (χ2v) is 5.09. The Morgan fingerprint density at radius 3 is 2.75 bits per heavy atom.